The largest absolute Gasteiger partial charge is 0.439 e. The molecule has 2 unspecified atom stereocenters. The predicted octanol–water partition coefficient (Wildman–Crippen LogP) is 7.58. The number of nitriles is 3. The average Bonchev–Trinajstić information content (AvgIpc) is 3.52. The third kappa shape index (κ3) is 7.02. The van der Waals surface area contributed by atoms with Crippen molar-refractivity contribution in [1.82, 2.24) is 4.67 Å². The van der Waals surface area contributed by atoms with Gasteiger partial charge in [-0.3, -0.25) is 4.79 Å². The van der Waals surface area contributed by atoms with Crippen molar-refractivity contribution < 1.29 is 23.2 Å². The van der Waals surface area contributed by atoms with Gasteiger partial charge in [-0.15, -0.1) is 0 Å². The van der Waals surface area contributed by atoms with E-state index in [-0.39, 0.29) is 23.4 Å². The minimum absolute atomic E-state index is 0.0886. The van der Waals surface area contributed by atoms with Crippen molar-refractivity contribution in [3.05, 3.63) is 88.8 Å². The number of benzene rings is 2. The lowest BCUT2D eigenvalue weighted by Gasteiger charge is -2.35. The highest BCUT2D eigenvalue weighted by molar-refractivity contribution is 7.44. The maximum Gasteiger partial charge on any atom is 0.259 e. The van der Waals surface area contributed by atoms with Crippen LogP contribution < -0.4 is 9.64 Å². The Hall–Kier alpha value is -4.62. The van der Waals surface area contributed by atoms with Crippen LogP contribution in [0.4, 0.5) is 11.4 Å². The zero-order valence-corrected chi connectivity index (χ0v) is 30.7. The Bertz CT molecular complexity index is 1880. The van der Waals surface area contributed by atoms with Crippen LogP contribution in [0, 0.1) is 39.9 Å². The molecule has 2 aromatic rings. The van der Waals surface area contributed by atoms with E-state index in [1.165, 1.54) is 0 Å². The number of hydrogen-bond donors (Lipinski definition) is 0. The Kier molecular flexibility index (Phi) is 11.4. The summed E-state index contributed by atoms with van der Waals surface area (Å²) in [6.07, 6.45) is 4.53. The number of carbonyl (C=O) groups excluding carboxylic acids is 1. The fourth-order valence-corrected chi connectivity index (χ4v) is 8.46. The average molecular weight is 692 g/mol. The third-order valence-corrected chi connectivity index (χ3v) is 11.3. The molecule has 1 saturated carbocycles. The molecular formula is C39H44N6O4P+. The Labute approximate surface area is 296 Å². The van der Waals surface area contributed by atoms with Crippen LogP contribution in [0.2, 0.25) is 0 Å². The Morgan fingerprint density at radius 3 is 2.36 bits per heavy atom. The maximum absolute atomic E-state index is 13.9. The highest BCUT2D eigenvalue weighted by atomic mass is 31.2. The molecule has 0 spiro atoms. The maximum atomic E-state index is 13.9. The van der Waals surface area contributed by atoms with Gasteiger partial charge in [0, 0.05) is 54.4 Å². The second-order valence-corrected chi connectivity index (χ2v) is 14.9. The molecule has 0 saturated heterocycles. The van der Waals surface area contributed by atoms with E-state index < -0.39 is 19.9 Å². The van der Waals surface area contributed by atoms with E-state index in [9.17, 15) is 15.3 Å². The highest BCUT2D eigenvalue weighted by Crippen LogP contribution is 2.47. The third-order valence-electron chi connectivity index (χ3n) is 9.19. The van der Waals surface area contributed by atoms with Crippen molar-refractivity contribution in [2.45, 2.75) is 71.9 Å². The van der Waals surface area contributed by atoms with Crippen LogP contribution in [0.15, 0.2) is 83.3 Å². The molecule has 11 heteroatoms. The summed E-state index contributed by atoms with van der Waals surface area (Å²) in [5.41, 5.74) is 4.15. The van der Waals surface area contributed by atoms with Crippen molar-refractivity contribution in [2.75, 3.05) is 31.7 Å². The van der Waals surface area contributed by atoms with E-state index in [0.717, 1.165) is 22.6 Å². The van der Waals surface area contributed by atoms with Crippen molar-refractivity contribution in [1.29, 1.82) is 15.8 Å². The van der Waals surface area contributed by atoms with Crippen LogP contribution in [0.25, 0.3) is 0 Å². The van der Waals surface area contributed by atoms with Gasteiger partial charge in [-0.1, -0.05) is 30.3 Å². The van der Waals surface area contributed by atoms with Gasteiger partial charge in [0.2, 0.25) is 5.69 Å². The number of nitrogens with zero attached hydrogens (tertiary/aromatic N) is 6. The number of anilines is 1. The lowest BCUT2D eigenvalue weighted by molar-refractivity contribution is -0.438. The molecule has 0 bridgehead atoms. The van der Waals surface area contributed by atoms with Crippen LogP contribution in [-0.4, -0.2) is 59.6 Å². The number of hydrogen-bond acceptors (Lipinski definition) is 9. The van der Waals surface area contributed by atoms with Crippen molar-refractivity contribution >= 4 is 31.4 Å². The lowest BCUT2D eigenvalue weighted by atomic mass is 9.69. The summed E-state index contributed by atoms with van der Waals surface area (Å²) in [5.74, 6) is 0.192. The van der Waals surface area contributed by atoms with E-state index in [1.807, 2.05) is 66.6 Å². The van der Waals surface area contributed by atoms with Gasteiger partial charge in [0.1, 0.15) is 17.7 Å². The van der Waals surface area contributed by atoms with E-state index in [1.54, 1.807) is 6.08 Å². The predicted molar refractivity (Wildman–Crippen MR) is 193 cm³/mol. The molecule has 5 rings (SSSR count). The fourth-order valence-electron chi connectivity index (χ4n) is 6.83. The van der Waals surface area contributed by atoms with E-state index >= 15 is 0 Å². The fraction of sp³-hybridized carbons (Fsp3) is 0.410. The van der Waals surface area contributed by atoms with Gasteiger partial charge in [0.05, 0.1) is 42.7 Å². The number of ketones is 1. The Morgan fingerprint density at radius 1 is 1.04 bits per heavy atom. The van der Waals surface area contributed by atoms with Gasteiger partial charge in [-0.25, -0.2) is 4.67 Å². The second-order valence-electron chi connectivity index (χ2n) is 13.5. The molecule has 2 aliphatic heterocycles. The summed E-state index contributed by atoms with van der Waals surface area (Å²) in [5, 5.41) is 29.0. The van der Waals surface area contributed by atoms with Crippen LogP contribution in [0.3, 0.4) is 0 Å². The summed E-state index contributed by atoms with van der Waals surface area (Å²) in [4.78, 5) is 15.8. The summed E-state index contributed by atoms with van der Waals surface area (Å²) in [7, 11) is 0.491. The molecule has 0 N–H and O–H groups in total. The standard InChI is InChI=1S/C39H44N6O4P/c1-26(2)45(27(3)4)50(47-20-12-18-40)48-21-13-19-44-32-15-9-8-14-31(32)39(5,6)35(44)22-29-37(28(24-41)25-42)30(38(29)46)23-36-43(7)33-16-10-11-17-34(33)49-36/h8-11,14-17,22-23,26-27,30H,12-13,19-21H2,1-7H3/q+1/b29-22-,36-23-. The molecular weight excluding hydrogens is 647 g/mol. The molecule has 2 atom stereocenters. The second kappa shape index (κ2) is 15.5. The quantitative estimate of drug-likeness (QED) is 0.0687. The van der Waals surface area contributed by atoms with Gasteiger partial charge in [-0.2, -0.15) is 20.4 Å². The monoisotopic (exact) mass is 691 g/mol. The smallest absolute Gasteiger partial charge is 0.259 e. The van der Waals surface area contributed by atoms with Crippen molar-refractivity contribution in [3.63, 3.8) is 0 Å². The normalized spacial score (nSPS) is 19.7. The number of fused-ring (bicyclic) bond motifs is 2. The number of rotatable bonds is 13. The first-order valence-corrected chi connectivity index (χ1v) is 18.1. The summed E-state index contributed by atoms with van der Waals surface area (Å²) < 4.78 is 22.9. The molecule has 0 aromatic heterocycles. The summed E-state index contributed by atoms with van der Waals surface area (Å²) in [6.45, 7) is 14.0. The van der Waals surface area contributed by atoms with Gasteiger partial charge in [0.15, 0.2) is 29.7 Å². The molecule has 258 valence electrons. The van der Waals surface area contributed by atoms with Crippen LogP contribution in [0.5, 0.6) is 5.75 Å². The first kappa shape index (κ1) is 36.7. The summed E-state index contributed by atoms with van der Waals surface area (Å²) >= 11 is 0. The van der Waals surface area contributed by atoms with Crippen molar-refractivity contribution in [2.24, 2.45) is 5.92 Å². The molecule has 0 radical (unpaired) electrons. The number of carbonyl (C=O) groups is 1. The Balaban J connectivity index is 1.46. The van der Waals surface area contributed by atoms with E-state index in [2.05, 4.69) is 69.0 Å². The minimum Gasteiger partial charge on any atom is -0.439 e. The zero-order chi connectivity index (χ0) is 36.2. The van der Waals surface area contributed by atoms with Crippen LogP contribution in [-0.2, 0) is 19.3 Å². The van der Waals surface area contributed by atoms with Crippen LogP contribution in [0.1, 0.15) is 59.9 Å². The highest BCUT2D eigenvalue weighted by Gasteiger charge is 2.48. The molecule has 0 amide bonds. The van der Waals surface area contributed by atoms with E-state index in [0.29, 0.717) is 55.4 Å². The Morgan fingerprint density at radius 2 is 1.70 bits per heavy atom. The molecule has 2 aromatic carbocycles. The molecule has 3 aliphatic rings. The zero-order valence-electron chi connectivity index (χ0n) is 29.8. The van der Waals surface area contributed by atoms with Crippen molar-refractivity contribution in [3.8, 4) is 24.0 Å². The first-order chi connectivity index (χ1) is 24.0. The van der Waals surface area contributed by atoms with Gasteiger partial charge < -0.3 is 18.7 Å². The SMILES string of the molecule is CC(C)N(C(C)C)P(OCCC#N)OCCC[N+]1=C(/C=C2\C(=O)C(/C=C3\Oc4ccccc4N3C)C2=C(C#N)C#N)C(C)(C)c2ccccc21. The molecule has 1 fully saturated rings. The number of allylic oxidation sites excluding steroid dienone is 5. The molecule has 2 heterocycles. The van der Waals surface area contributed by atoms with Gasteiger partial charge >= 0.3 is 0 Å². The van der Waals surface area contributed by atoms with E-state index in [4.69, 9.17) is 19.0 Å². The topological polar surface area (TPSA) is 126 Å². The number of ether oxygens (including phenoxy) is 1. The number of para-hydroxylation sites is 3. The molecule has 10 nitrogen and oxygen atoms in total. The lowest BCUT2D eigenvalue weighted by Crippen LogP contribution is -2.36. The van der Waals surface area contributed by atoms with Gasteiger partial charge in [0.25, 0.3) is 8.53 Å². The van der Waals surface area contributed by atoms with Gasteiger partial charge in [-0.05, 0) is 59.8 Å². The first-order valence-electron chi connectivity index (χ1n) is 16.9. The molecule has 1 aliphatic carbocycles. The number of Topliss-reactive ketones (excluding diaryl/α,β-unsaturated/α-hetero) is 1. The molecule has 50 heavy (non-hydrogen) atoms. The van der Waals surface area contributed by atoms with Crippen LogP contribution >= 0.6 is 8.53 Å². The minimum atomic E-state index is -1.37. The summed E-state index contributed by atoms with van der Waals surface area (Å²) in [6, 6.07) is 22.4.